The molecule has 1 spiro atoms. The lowest BCUT2D eigenvalue weighted by Gasteiger charge is -2.33. The molecule has 1 heterocycles. The Hall–Kier alpha value is -0.120. The van der Waals surface area contributed by atoms with E-state index in [0.717, 1.165) is 31.8 Å². The highest BCUT2D eigenvalue weighted by atomic mass is 16.5. The second-order valence-electron chi connectivity index (χ2n) is 7.36. The van der Waals surface area contributed by atoms with Crippen LogP contribution < -0.4 is 5.32 Å². The molecule has 0 aromatic carbocycles. The van der Waals surface area contributed by atoms with Crippen LogP contribution in [-0.2, 0) is 4.74 Å². The van der Waals surface area contributed by atoms with E-state index in [9.17, 15) is 5.11 Å². The lowest BCUT2D eigenvalue weighted by Crippen LogP contribution is -2.36. The van der Waals surface area contributed by atoms with Crippen LogP contribution in [0.25, 0.3) is 0 Å². The maximum atomic E-state index is 9.53. The summed E-state index contributed by atoms with van der Waals surface area (Å²) in [4.78, 5) is 0. The van der Waals surface area contributed by atoms with Crippen LogP contribution in [0.2, 0.25) is 0 Å². The third-order valence-electron chi connectivity index (χ3n) is 5.72. The third-order valence-corrected chi connectivity index (χ3v) is 5.72. The minimum atomic E-state index is -0.0319. The normalized spacial score (nSPS) is 37.4. The minimum absolute atomic E-state index is 0.0319. The van der Waals surface area contributed by atoms with Crippen molar-refractivity contribution in [2.75, 3.05) is 13.1 Å². The molecule has 20 heavy (non-hydrogen) atoms. The van der Waals surface area contributed by atoms with E-state index in [-0.39, 0.29) is 11.7 Å². The van der Waals surface area contributed by atoms with Gasteiger partial charge in [0.15, 0.2) is 0 Å². The number of ether oxygens (including phenoxy) is 1. The molecule has 0 bridgehead atoms. The van der Waals surface area contributed by atoms with E-state index in [0.29, 0.717) is 6.10 Å². The summed E-state index contributed by atoms with van der Waals surface area (Å²) in [6, 6.07) is 0. The fourth-order valence-corrected chi connectivity index (χ4v) is 4.40. The number of aliphatic hydroxyl groups is 1. The Morgan fingerprint density at radius 1 is 0.900 bits per heavy atom. The van der Waals surface area contributed by atoms with E-state index in [1.54, 1.807) is 0 Å². The first-order valence-electron chi connectivity index (χ1n) is 8.82. The van der Waals surface area contributed by atoms with E-state index in [4.69, 9.17) is 4.74 Å². The molecule has 0 radical (unpaired) electrons. The zero-order valence-electron chi connectivity index (χ0n) is 12.8. The van der Waals surface area contributed by atoms with Crippen molar-refractivity contribution in [3.8, 4) is 0 Å². The molecule has 116 valence electrons. The second kappa shape index (κ2) is 6.76. The smallest absolute Gasteiger partial charge is 0.0708 e. The van der Waals surface area contributed by atoms with Gasteiger partial charge in [-0.1, -0.05) is 19.3 Å². The summed E-state index contributed by atoms with van der Waals surface area (Å²) in [5.41, 5.74) is 0.263. The van der Waals surface area contributed by atoms with Gasteiger partial charge in [0.25, 0.3) is 0 Å². The lowest BCUT2D eigenvalue weighted by molar-refractivity contribution is -0.0626. The second-order valence-corrected chi connectivity index (χ2v) is 7.36. The summed E-state index contributed by atoms with van der Waals surface area (Å²) >= 11 is 0. The van der Waals surface area contributed by atoms with Crippen LogP contribution in [0.4, 0.5) is 0 Å². The molecular formula is C17H31NO2. The SMILES string of the molecule is OC1CCC(CNCC2CCC3(CCCCC3)O2)CC1. The van der Waals surface area contributed by atoms with E-state index in [1.165, 1.54) is 57.8 Å². The van der Waals surface area contributed by atoms with Crippen molar-refractivity contribution in [3.05, 3.63) is 0 Å². The number of aliphatic hydroxyl groups excluding tert-OH is 1. The molecular weight excluding hydrogens is 250 g/mol. The summed E-state index contributed by atoms with van der Waals surface area (Å²) in [5.74, 6) is 0.767. The summed E-state index contributed by atoms with van der Waals surface area (Å²) in [6.45, 7) is 2.14. The Morgan fingerprint density at radius 3 is 2.40 bits per heavy atom. The van der Waals surface area contributed by atoms with E-state index in [1.807, 2.05) is 0 Å². The van der Waals surface area contributed by atoms with Crippen molar-refractivity contribution >= 4 is 0 Å². The molecule has 1 atom stereocenters. The molecule has 3 aliphatic rings. The Bertz CT molecular complexity index is 293. The van der Waals surface area contributed by atoms with Crippen molar-refractivity contribution in [2.24, 2.45) is 5.92 Å². The number of hydrogen-bond acceptors (Lipinski definition) is 3. The van der Waals surface area contributed by atoms with Crippen molar-refractivity contribution in [2.45, 2.75) is 88.4 Å². The van der Waals surface area contributed by atoms with Crippen molar-refractivity contribution < 1.29 is 9.84 Å². The highest BCUT2D eigenvalue weighted by Gasteiger charge is 2.40. The molecule has 0 aromatic heterocycles. The largest absolute Gasteiger partial charge is 0.393 e. The average molecular weight is 281 g/mol. The van der Waals surface area contributed by atoms with E-state index in [2.05, 4.69) is 5.32 Å². The fourth-order valence-electron chi connectivity index (χ4n) is 4.40. The molecule has 1 unspecified atom stereocenters. The number of rotatable bonds is 4. The van der Waals surface area contributed by atoms with Gasteiger partial charge >= 0.3 is 0 Å². The molecule has 3 fully saturated rings. The van der Waals surface area contributed by atoms with Gasteiger partial charge in [0.05, 0.1) is 17.8 Å². The molecule has 1 saturated heterocycles. The van der Waals surface area contributed by atoms with Gasteiger partial charge in [0.1, 0.15) is 0 Å². The van der Waals surface area contributed by atoms with Gasteiger partial charge in [-0.3, -0.25) is 0 Å². The Balaban J connectivity index is 1.33. The Labute approximate surface area is 123 Å². The molecule has 0 amide bonds. The first-order valence-corrected chi connectivity index (χ1v) is 8.82. The zero-order chi connectivity index (χ0) is 13.8. The number of nitrogens with one attached hydrogen (secondary N) is 1. The minimum Gasteiger partial charge on any atom is -0.393 e. The van der Waals surface area contributed by atoms with E-state index < -0.39 is 0 Å². The predicted molar refractivity (Wildman–Crippen MR) is 80.8 cm³/mol. The molecule has 3 heteroatoms. The van der Waals surface area contributed by atoms with Crippen molar-refractivity contribution in [1.82, 2.24) is 5.32 Å². The van der Waals surface area contributed by atoms with Crippen LogP contribution in [0, 0.1) is 5.92 Å². The van der Waals surface area contributed by atoms with Crippen molar-refractivity contribution in [1.29, 1.82) is 0 Å². The van der Waals surface area contributed by atoms with Gasteiger partial charge in [0, 0.05) is 6.54 Å². The van der Waals surface area contributed by atoms with Gasteiger partial charge in [0.2, 0.25) is 0 Å². The van der Waals surface area contributed by atoms with Crippen LogP contribution in [0.5, 0.6) is 0 Å². The third kappa shape index (κ3) is 3.75. The fraction of sp³-hybridized carbons (Fsp3) is 1.00. The average Bonchev–Trinajstić information content (AvgIpc) is 2.85. The number of hydrogen-bond donors (Lipinski definition) is 2. The summed E-state index contributed by atoms with van der Waals surface area (Å²) in [6.07, 6.45) is 14.0. The van der Waals surface area contributed by atoms with Gasteiger partial charge in [-0.2, -0.15) is 0 Å². The van der Waals surface area contributed by atoms with Crippen molar-refractivity contribution in [3.63, 3.8) is 0 Å². The molecule has 2 saturated carbocycles. The summed E-state index contributed by atoms with van der Waals surface area (Å²) in [7, 11) is 0. The molecule has 2 aliphatic carbocycles. The molecule has 2 N–H and O–H groups in total. The summed E-state index contributed by atoms with van der Waals surface area (Å²) in [5, 5.41) is 13.2. The predicted octanol–water partition coefficient (Wildman–Crippen LogP) is 3.01. The maximum Gasteiger partial charge on any atom is 0.0708 e. The van der Waals surface area contributed by atoms with Crippen LogP contribution in [0.15, 0.2) is 0 Å². The van der Waals surface area contributed by atoms with Crippen LogP contribution >= 0.6 is 0 Å². The highest BCUT2D eigenvalue weighted by Crippen LogP contribution is 2.41. The topological polar surface area (TPSA) is 41.5 Å². The lowest BCUT2D eigenvalue weighted by atomic mass is 9.83. The van der Waals surface area contributed by atoms with Crippen LogP contribution in [0.1, 0.15) is 70.6 Å². The van der Waals surface area contributed by atoms with Gasteiger partial charge in [-0.25, -0.2) is 0 Å². The van der Waals surface area contributed by atoms with Gasteiger partial charge < -0.3 is 15.2 Å². The molecule has 1 aliphatic heterocycles. The van der Waals surface area contributed by atoms with Gasteiger partial charge in [-0.15, -0.1) is 0 Å². The van der Waals surface area contributed by atoms with E-state index >= 15 is 0 Å². The van der Waals surface area contributed by atoms with Crippen LogP contribution in [0.3, 0.4) is 0 Å². The maximum absolute atomic E-state index is 9.53. The zero-order valence-corrected chi connectivity index (χ0v) is 12.8. The first kappa shape index (κ1) is 14.8. The quantitative estimate of drug-likeness (QED) is 0.832. The molecule has 3 nitrogen and oxygen atoms in total. The monoisotopic (exact) mass is 281 g/mol. The van der Waals surface area contributed by atoms with Gasteiger partial charge in [-0.05, 0) is 63.8 Å². The Morgan fingerprint density at radius 2 is 1.65 bits per heavy atom. The highest BCUT2D eigenvalue weighted by molar-refractivity contribution is 4.91. The molecule has 0 aromatic rings. The Kier molecular flexibility index (Phi) is 5.00. The first-order chi connectivity index (χ1) is 9.76. The summed E-state index contributed by atoms with van der Waals surface area (Å²) < 4.78 is 6.39. The standard InChI is InChI=1S/C17H31NO2/c19-15-6-4-14(5-7-15)12-18-13-16-8-11-17(20-16)9-2-1-3-10-17/h14-16,18-19H,1-13H2. The molecule has 3 rings (SSSR count). The van der Waals surface area contributed by atoms with Crippen LogP contribution in [-0.4, -0.2) is 36.0 Å².